The Labute approximate surface area is 140 Å². The smallest absolute Gasteiger partial charge is 0.311 e. The first kappa shape index (κ1) is 15.2. The number of hydrogen-bond donors (Lipinski definition) is 0. The molecule has 0 N–H and O–H groups in total. The molecule has 3 heterocycles. The Morgan fingerprint density at radius 2 is 2.00 bits per heavy atom. The van der Waals surface area contributed by atoms with Gasteiger partial charge in [0.2, 0.25) is 0 Å². The SMILES string of the molecule is COC(=O)Cc1nn(C)c2c1nnc1c(-c3ccc(F)cc3)cnn12. The summed E-state index contributed by atoms with van der Waals surface area (Å²) in [5.41, 5.74) is 3.59. The monoisotopic (exact) mass is 340 g/mol. The predicted octanol–water partition coefficient (Wildman–Crippen LogP) is 1.53. The van der Waals surface area contributed by atoms with Gasteiger partial charge in [-0.15, -0.1) is 10.2 Å². The van der Waals surface area contributed by atoms with Crippen molar-refractivity contribution in [2.45, 2.75) is 6.42 Å². The Bertz CT molecular complexity index is 1100. The van der Waals surface area contributed by atoms with Gasteiger partial charge in [-0.3, -0.25) is 4.79 Å². The van der Waals surface area contributed by atoms with Crippen LogP contribution in [0.2, 0.25) is 0 Å². The van der Waals surface area contributed by atoms with Gasteiger partial charge in [-0.2, -0.15) is 14.7 Å². The predicted molar refractivity (Wildman–Crippen MR) is 86.2 cm³/mol. The minimum atomic E-state index is -0.408. The van der Waals surface area contributed by atoms with Gasteiger partial charge in [-0.05, 0) is 17.7 Å². The van der Waals surface area contributed by atoms with E-state index in [1.165, 1.54) is 19.2 Å². The van der Waals surface area contributed by atoms with Crippen LogP contribution in [0.15, 0.2) is 30.5 Å². The number of carbonyl (C=O) groups excluding carboxylic acids is 1. The Hall–Kier alpha value is -3.36. The van der Waals surface area contributed by atoms with Crippen molar-refractivity contribution in [1.82, 2.24) is 29.6 Å². The number of aryl methyl sites for hydroxylation is 1. The molecule has 0 saturated carbocycles. The van der Waals surface area contributed by atoms with Crippen LogP contribution in [-0.4, -0.2) is 42.7 Å². The molecular weight excluding hydrogens is 327 g/mol. The second kappa shape index (κ2) is 5.62. The van der Waals surface area contributed by atoms with E-state index in [1.807, 2.05) is 0 Å². The zero-order chi connectivity index (χ0) is 17.6. The molecule has 0 radical (unpaired) electrons. The Morgan fingerprint density at radius 1 is 1.24 bits per heavy atom. The van der Waals surface area contributed by atoms with E-state index in [4.69, 9.17) is 0 Å². The van der Waals surface area contributed by atoms with E-state index in [-0.39, 0.29) is 12.2 Å². The highest BCUT2D eigenvalue weighted by Crippen LogP contribution is 2.25. The number of halogens is 1. The van der Waals surface area contributed by atoms with Gasteiger partial charge >= 0.3 is 5.97 Å². The quantitative estimate of drug-likeness (QED) is 0.526. The molecule has 0 atom stereocenters. The average Bonchev–Trinajstić information content (AvgIpc) is 3.17. The molecular formula is C16H13FN6O2. The number of rotatable bonds is 3. The number of esters is 1. The first-order valence-electron chi connectivity index (χ1n) is 7.47. The summed E-state index contributed by atoms with van der Waals surface area (Å²) in [5.74, 6) is -0.720. The lowest BCUT2D eigenvalue weighted by Crippen LogP contribution is -2.06. The summed E-state index contributed by atoms with van der Waals surface area (Å²) in [6.07, 6.45) is 1.64. The number of methoxy groups -OCH3 is 1. The average molecular weight is 340 g/mol. The molecule has 3 aromatic heterocycles. The molecule has 126 valence electrons. The van der Waals surface area contributed by atoms with Gasteiger partial charge in [0.05, 0.1) is 19.7 Å². The molecule has 0 spiro atoms. The summed E-state index contributed by atoms with van der Waals surface area (Å²) >= 11 is 0. The number of benzene rings is 1. The maximum atomic E-state index is 13.1. The van der Waals surface area contributed by atoms with E-state index in [0.717, 1.165) is 11.1 Å². The number of nitrogens with zero attached hydrogens (tertiary/aromatic N) is 6. The standard InChI is InChI=1S/C16H13FN6O2/c1-22-16-14(12(21-22)7-13(24)25-2)19-20-15-11(8-18-23(15)16)9-3-5-10(17)6-4-9/h3-6,8H,7H2,1-2H3. The van der Waals surface area contributed by atoms with Crippen molar-refractivity contribution in [3.8, 4) is 11.1 Å². The topological polar surface area (TPSA) is 87.2 Å². The van der Waals surface area contributed by atoms with E-state index in [0.29, 0.717) is 22.5 Å². The third-order valence-corrected chi connectivity index (χ3v) is 3.95. The highest BCUT2D eigenvalue weighted by Gasteiger charge is 2.19. The van der Waals surface area contributed by atoms with Crippen LogP contribution in [-0.2, 0) is 23.0 Å². The first-order chi connectivity index (χ1) is 12.1. The van der Waals surface area contributed by atoms with Crippen molar-refractivity contribution in [2.75, 3.05) is 7.11 Å². The molecule has 4 rings (SSSR count). The molecule has 9 heteroatoms. The number of hydrogen-bond acceptors (Lipinski definition) is 6. The molecule has 1 aromatic carbocycles. The van der Waals surface area contributed by atoms with Crippen LogP contribution in [0.25, 0.3) is 27.9 Å². The van der Waals surface area contributed by atoms with Crippen LogP contribution >= 0.6 is 0 Å². The van der Waals surface area contributed by atoms with Gasteiger partial charge < -0.3 is 4.74 Å². The maximum Gasteiger partial charge on any atom is 0.311 e. The van der Waals surface area contributed by atoms with E-state index in [1.54, 1.807) is 34.6 Å². The van der Waals surface area contributed by atoms with E-state index >= 15 is 0 Å². The summed E-state index contributed by atoms with van der Waals surface area (Å²) in [6.45, 7) is 0. The van der Waals surface area contributed by atoms with Gasteiger partial charge in [-0.1, -0.05) is 12.1 Å². The van der Waals surface area contributed by atoms with Crippen LogP contribution in [0, 0.1) is 5.82 Å². The van der Waals surface area contributed by atoms with Gasteiger partial charge in [0.25, 0.3) is 0 Å². The van der Waals surface area contributed by atoms with Crippen LogP contribution < -0.4 is 0 Å². The Balaban J connectivity index is 1.91. The molecule has 0 fully saturated rings. The highest BCUT2D eigenvalue weighted by molar-refractivity contribution is 5.84. The summed E-state index contributed by atoms with van der Waals surface area (Å²) < 4.78 is 21.0. The van der Waals surface area contributed by atoms with E-state index < -0.39 is 5.97 Å². The summed E-state index contributed by atoms with van der Waals surface area (Å²) in [6, 6.07) is 6.07. The van der Waals surface area contributed by atoms with Crippen molar-refractivity contribution >= 4 is 22.8 Å². The largest absolute Gasteiger partial charge is 0.469 e. The van der Waals surface area contributed by atoms with Crippen LogP contribution in [0.1, 0.15) is 5.69 Å². The van der Waals surface area contributed by atoms with Crippen molar-refractivity contribution in [2.24, 2.45) is 7.05 Å². The molecule has 8 nitrogen and oxygen atoms in total. The molecule has 0 saturated heterocycles. The molecule has 0 aliphatic rings. The Kier molecular flexibility index (Phi) is 3.41. The fourth-order valence-corrected chi connectivity index (χ4v) is 2.75. The third kappa shape index (κ3) is 2.40. The van der Waals surface area contributed by atoms with Crippen LogP contribution in [0.3, 0.4) is 0 Å². The first-order valence-corrected chi connectivity index (χ1v) is 7.47. The van der Waals surface area contributed by atoms with Gasteiger partial charge in [0.1, 0.15) is 11.5 Å². The molecule has 0 unspecified atom stereocenters. The summed E-state index contributed by atoms with van der Waals surface area (Å²) in [4.78, 5) is 11.5. The van der Waals surface area contributed by atoms with Gasteiger partial charge in [0, 0.05) is 12.6 Å². The molecule has 0 aliphatic heterocycles. The maximum absolute atomic E-state index is 13.1. The lowest BCUT2D eigenvalue weighted by Gasteiger charge is -2.00. The van der Waals surface area contributed by atoms with Crippen LogP contribution in [0.4, 0.5) is 4.39 Å². The van der Waals surface area contributed by atoms with Crippen molar-refractivity contribution in [1.29, 1.82) is 0 Å². The van der Waals surface area contributed by atoms with Crippen molar-refractivity contribution in [3.63, 3.8) is 0 Å². The molecule has 0 amide bonds. The Morgan fingerprint density at radius 3 is 2.72 bits per heavy atom. The lowest BCUT2D eigenvalue weighted by molar-refractivity contribution is -0.139. The molecule has 25 heavy (non-hydrogen) atoms. The lowest BCUT2D eigenvalue weighted by atomic mass is 10.1. The second-order valence-electron chi connectivity index (χ2n) is 5.50. The summed E-state index contributed by atoms with van der Waals surface area (Å²) in [7, 11) is 3.06. The van der Waals surface area contributed by atoms with Gasteiger partial charge in [0.15, 0.2) is 16.8 Å². The number of ether oxygens (including phenoxy) is 1. The zero-order valence-electron chi connectivity index (χ0n) is 13.5. The van der Waals surface area contributed by atoms with Crippen LogP contribution in [0.5, 0.6) is 0 Å². The fourth-order valence-electron chi connectivity index (χ4n) is 2.75. The van der Waals surface area contributed by atoms with E-state index in [2.05, 4.69) is 25.1 Å². The summed E-state index contributed by atoms with van der Waals surface area (Å²) in [5, 5.41) is 17.1. The molecule has 0 aliphatic carbocycles. The normalized spacial score (nSPS) is 11.3. The minimum absolute atomic E-state index is 0.000114. The number of carbonyl (C=O) groups is 1. The molecule has 4 aromatic rings. The van der Waals surface area contributed by atoms with Gasteiger partial charge in [-0.25, -0.2) is 9.07 Å². The molecule has 0 bridgehead atoms. The highest BCUT2D eigenvalue weighted by atomic mass is 19.1. The minimum Gasteiger partial charge on any atom is -0.469 e. The van der Waals surface area contributed by atoms with Crippen molar-refractivity contribution in [3.05, 3.63) is 42.0 Å². The fraction of sp³-hybridized carbons (Fsp3) is 0.188. The number of fused-ring (bicyclic) bond motifs is 3. The van der Waals surface area contributed by atoms with E-state index in [9.17, 15) is 9.18 Å². The third-order valence-electron chi connectivity index (χ3n) is 3.95. The second-order valence-corrected chi connectivity index (χ2v) is 5.50. The van der Waals surface area contributed by atoms with Crippen molar-refractivity contribution < 1.29 is 13.9 Å². The zero-order valence-corrected chi connectivity index (χ0v) is 13.5. The number of aromatic nitrogens is 6.